The van der Waals surface area contributed by atoms with Gasteiger partial charge in [0.25, 0.3) is 5.56 Å². The molecule has 2 heterocycles. The predicted molar refractivity (Wildman–Crippen MR) is 144 cm³/mol. The third-order valence-electron chi connectivity index (χ3n) is 6.04. The van der Waals surface area contributed by atoms with Crippen LogP contribution in [0.15, 0.2) is 57.5 Å². The first-order valence-electron chi connectivity index (χ1n) is 12.1. The van der Waals surface area contributed by atoms with Crippen molar-refractivity contribution >= 4 is 23.4 Å². The fraction of sp³-hybridized carbons (Fsp3) is 0.321. The minimum atomic E-state index is -0.774. The van der Waals surface area contributed by atoms with E-state index in [9.17, 15) is 9.59 Å². The zero-order chi connectivity index (χ0) is 27.4. The minimum Gasteiger partial charge on any atom is -0.493 e. The van der Waals surface area contributed by atoms with Gasteiger partial charge in [-0.3, -0.25) is 9.36 Å². The molecule has 1 aromatic heterocycles. The molecule has 2 aromatic carbocycles. The molecule has 0 bridgehead atoms. The third-order valence-corrected chi connectivity index (χ3v) is 7.03. The van der Waals surface area contributed by atoms with E-state index >= 15 is 0 Å². The highest BCUT2D eigenvalue weighted by Gasteiger charge is 2.34. The number of para-hydroxylation sites is 1. The Bertz CT molecular complexity index is 1570. The smallest absolute Gasteiger partial charge is 0.338 e. The number of allylic oxidation sites excluding steroid dienone is 1. The van der Waals surface area contributed by atoms with Gasteiger partial charge in [-0.2, -0.15) is 0 Å². The molecule has 0 radical (unpaired) electrons. The maximum atomic E-state index is 13.9. The quantitative estimate of drug-likeness (QED) is 0.386. The van der Waals surface area contributed by atoms with Crippen molar-refractivity contribution in [3.05, 3.63) is 78.5 Å². The molecule has 0 saturated carbocycles. The van der Waals surface area contributed by atoms with Crippen LogP contribution in [0.3, 0.4) is 0 Å². The molecule has 1 aliphatic rings. The largest absolute Gasteiger partial charge is 0.493 e. The Balaban J connectivity index is 1.98. The van der Waals surface area contributed by atoms with Gasteiger partial charge in [0, 0.05) is 5.56 Å². The first-order chi connectivity index (χ1) is 18.4. The van der Waals surface area contributed by atoms with Gasteiger partial charge >= 0.3 is 5.97 Å². The van der Waals surface area contributed by atoms with E-state index in [2.05, 4.69) is 4.99 Å². The highest BCUT2D eigenvalue weighted by atomic mass is 32.1. The summed E-state index contributed by atoms with van der Waals surface area (Å²) in [6.07, 6.45) is 1.76. The number of hydrogen-bond donors (Lipinski definition) is 0. The van der Waals surface area contributed by atoms with Crippen molar-refractivity contribution in [1.82, 2.24) is 4.57 Å². The Hall–Kier alpha value is -4.05. The Morgan fingerprint density at radius 2 is 1.76 bits per heavy atom. The average Bonchev–Trinajstić information content (AvgIpc) is 3.22. The lowest BCUT2D eigenvalue weighted by atomic mass is 9.95. The number of methoxy groups -OCH3 is 3. The summed E-state index contributed by atoms with van der Waals surface area (Å²) in [5, 5.41) is 0. The second kappa shape index (κ2) is 11.6. The zero-order valence-electron chi connectivity index (χ0n) is 22.2. The molecule has 0 fully saturated rings. The van der Waals surface area contributed by atoms with Crippen molar-refractivity contribution < 1.29 is 28.5 Å². The summed E-state index contributed by atoms with van der Waals surface area (Å²) in [4.78, 5) is 32.1. The fourth-order valence-corrected chi connectivity index (χ4v) is 5.41. The second-order valence-electron chi connectivity index (χ2n) is 8.23. The van der Waals surface area contributed by atoms with Crippen LogP contribution in [0.1, 0.15) is 37.9 Å². The molecular formula is C28H30N2O7S. The lowest BCUT2D eigenvalue weighted by Crippen LogP contribution is -2.40. The van der Waals surface area contributed by atoms with Crippen molar-refractivity contribution in [3.63, 3.8) is 0 Å². The molecule has 38 heavy (non-hydrogen) atoms. The molecule has 0 N–H and O–H groups in total. The molecular weight excluding hydrogens is 508 g/mol. The number of benzene rings is 2. The highest BCUT2D eigenvalue weighted by Crippen LogP contribution is 2.36. The standard InChI is InChI=1S/C28H30N2O7S/c1-7-36-25-18(10-9-11-20(25)34-5)15-22-26(31)30-24(17-12-13-19(33-4)21(14-17)35-6)23(27(32)37-8-2)16(3)29-28(30)38-22/h9-15,24H,7-8H2,1-6H3/b22-15-/t24-/m0/s1. The maximum Gasteiger partial charge on any atom is 0.338 e. The number of aromatic nitrogens is 1. The van der Waals surface area contributed by atoms with Crippen LogP contribution < -0.4 is 33.8 Å². The number of esters is 1. The van der Waals surface area contributed by atoms with Crippen LogP contribution in [-0.4, -0.2) is 45.1 Å². The van der Waals surface area contributed by atoms with Gasteiger partial charge in [0.05, 0.1) is 56.4 Å². The number of fused-ring (bicyclic) bond motifs is 1. The van der Waals surface area contributed by atoms with Crippen LogP contribution in [0.25, 0.3) is 6.08 Å². The van der Waals surface area contributed by atoms with Crippen LogP contribution >= 0.6 is 11.3 Å². The van der Waals surface area contributed by atoms with Crippen molar-refractivity contribution in [2.24, 2.45) is 4.99 Å². The minimum absolute atomic E-state index is 0.189. The van der Waals surface area contributed by atoms with Crippen molar-refractivity contribution in [3.8, 4) is 23.0 Å². The molecule has 200 valence electrons. The summed E-state index contributed by atoms with van der Waals surface area (Å²) < 4.78 is 29.5. The lowest BCUT2D eigenvalue weighted by Gasteiger charge is -2.25. The third kappa shape index (κ3) is 4.91. The number of carbonyl (C=O) groups excluding carboxylic acids is 1. The van der Waals surface area contributed by atoms with Crippen molar-refractivity contribution in [2.45, 2.75) is 26.8 Å². The molecule has 0 saturated heterocycles. The van der Waals surface area contributed by atoms with E-state index in [-0.39, 0.29) is 17.7 Å². The second-order valence-corrected chi connectivity index (χ2v) is 9.24. The van der Waals surface area contributed by atoms with E-state index in [1.807, 2.05) is 19.1 Å². The Morgan fingerprint density at radius 3 is 2.42 bits per heavy atom. The number of nitrogens with zero attached hydrogens (tertiary/aromatic N) is 2. The monoisotopic (exact) mass is 538 g/mol. The molecule has 3 aromatic rings. The highest BCUT2D eigenvalue weighted by molar-refractivity contribution is 7.07. The molecule has 0 spiro atoms. The number of rotatable bonds is 9. The molecule has 10 heteroatoms. The predicted octanol–water partition coefficient (Wildman–Crippen LogP) is 3.22. The maximum absolute atomic E-state index is 13.9. The van der Waals surface area contributed by atoms with E-state index in [0.29, 0.717) is 55.8 Å². The van der Waals surface area contributed by atoms with Gasteiger partial charge in [0.1, 0.15) is 0 Å². The summed E-state index contributed by atoms with van der Waals surface area (Å²) in [6.45, 7) is 5.98. The molecule has 4 rings (SSSR count). The molecule has 9 nitrogen and oxygen atoms in total. The Kier molecular flexibility index (Phi) is 8.21. The summed E-state index contributed by atoms with van der Waals surface area (Å²) >= 11 is 1.23. The summed E-state index contributed by atoms with van der Waals surface area (Å²) in [6, 6.07) is 10.0. The normalized spacial score (nSPS) is 15.0. The van der Waals surface area contributed by atoms with E-state index in [1.54, 1.807) is 58.4 Å². The van der Waals surface area contributed by atoms with E-state index in [1.165, 1.54) is 23.0 Å². The summed E-state index contributed by atoms with van der Waals surface area (Å²) in [5.74, 6) is 1.58. The van der Waals surface area contributed by atoms with Crippen LogP contribution in [-0.2, 0) is 9.53 Å². The Labute approximate surface area is 224 Å². The van der Waals surface area contributed by atoms with Crippen molar-refractivity contribution in [1.29, 1.82) is 0 Å². The van der Waals surface area contributed by atoms with Gasteiger partial charge < -0.3 is 23.7 Å². The average molecular weight is 539 g/mol. The van der Waals surface area contributed by atoms with Crippen LogP contribution in [0.4, 0.5) is 0 Å². The number of carbonyl (C=O) groups is 1. The molecule has 1 aliphatic heterocycles. The van der Waals surface area contributed by atoms with Crippen LogP contribution in [0, 0.1) is 0 Å². The molecule has 1 atom stereocenters. The van der Waals surface area contributed by atoms with E-state index in [0.717, 1.165) is 0 Å². The molecule has 0 amide bonds. The molecule has 0 aliphatic carbocycles. The SMILES string of the molecule is CCOC(=O)C1=C(C)N=c2s/c(=C\c3cccc(OC)c3OCC)c(=O)n2[C@H]1c1ccc(OC)c(OC)c1. The Morgan fingerprint density at radius 1 is 1.03 bits per heavy atom. The summed E-state index contributed by atoms with van der Waals surface area (Å²) in [7, 11) is 4.65. The summed E-state index contributed by atoms with van der Waals surface area (Å²) in [5.41, 5.74) is 1.82. The van der Waals surface area contributed by atoms with Gasteiger partial charge in [-0.25, -0.2) is 9.79 Å². The van der Waals surface area contributed by atoms with Gasteiger partial charge in [-0.1, -0.05) is 29.5 Å². The van der Waals surface area contributed by atoms with E-state index in [4.69, 9.17) is 23.7 Å². The topological polar surface area (TPSA) is 97.6 Å². The van der Waals surface area contributed by atoms with Crippen molar-refractivity contribution in [2.75, 3.05) is 34.5 Å². The van der Waals surface area contributed by atoms with Crippen LogP contribution in [0.2, 0.25) is 0 Å². The number of ether oxygens (including phenoxy) is 5. The van der Waals surface area contributed by atoms with Gasteiger partial charge in [-0.15, -0.1) is 0 Å². The number of hydrogen-bond acceptors (Lipinski definition) is 9. The fourth-order valence-electron chi connectivity index (χ4n) is 4.38. The first kappa shape index (κ1) is 27.0. The molecule has 0 unspecified atom stereocenters. The number of thiazole rings is 1. The van der Waals surface area contributed by atoms with Crippen LogP contribution in [0.5, 0.6) is 23.0 Å². The van der Waals surface area contributed by atoms with Gasteiger partial charge in [0.2, 0.25) is 0 Å². The van der Waals surface area contributed by atoms with E-state index < -0.39 is 12.0 Å². The van der Waals surface area contributed by atoms with Gasteiger partial charge in [-0.05, 0) is 50.6 Å². The van der Waals surface area contributed by atoms with Gasteiger partial charge in [0.15, 0.2) is 27.8 Å². The first-order valence-corrected chi connectivity index (χ1v) is 12.9. The lowest BCUT2D eigenvalue weighted by molar-refractivity contribution is -0.139. The zero-order valence-corrected chi connectivity index (χ0v) is 23.0.